The summed E-state index contributed by atoms with van der Waals surface area (Å²) in [6, 6.07) is 7.92. The molecule has 1 aromatic carbocycles. The Bertz CT molecular complexity index is 1180. The van der Waals surface area contributed by atoms with Crippen LogP contribution in [0, 0.1) is 0 Å². The summed E-state index contributed by atoms with van der Waals surface area (Å²) in [5.41, 5.74) is 1.10. The molecule has 9 nitrogen and oxygen atoms in total. The maximum Gasteiger partial charge on any atom is 0.242 e. The van der Waals surface area contributed by atoms with E-state index in [0.29, 0.717) is 16.7 Å². The Labute approximate surface area is 189 Å². The zero-order chi connectivity index (χ0) is 22.6. The summed E-state index contributed by atoms with van der Waals surface area (Å²) in [5, 5.41) is 12.0. The molecule has 0 aliphatic rings. The van der Waals surface area contributed by atoms with Gasteiger partial charge in [-0.1, -0.05) is 23.4 Å². The van der Waals surface area contributed by atoms with Gasteiger partial charge in [0.25, 0.3) is 0 Å². The van der Waals surface area contributed by atoms with Gasteiger partial charge in [0.1, 0.15) is 0 Å². The van der Waals surface area contributed by atoms with E-state index in [2.05, 4.69) is 20.5 Å². The number of amides is 1. The number of nitrogens with zero attached hydrogens (tertiary/aromatic N) is 5. The molecule has 164 valence electrons. The highest BCUT2D eigenvalue weighted by Crippen LogP contribution is 2.27. The summed E-state index contributed by atoms with van der Waals surface area (Å²) in [6.07, 6.45) is 3.58. The SMILES string of the molecule is CN(C)S(=O)(=O)c1ccc(Cl)c(NC(=O)CCSc2nnc(-c3cccnc3)n2C)c1. The van der Waals surface area contributed by atoms with E-state index in [9.17, 15) is 13.2 Å². The first-order chi connectivity index (χ1) is 14.7. The highest BCUT2D eigenvalue weighted by Gasteiger charge is 2.19. The maximum absolute atomic E-state index is 12.4. The minimum Gasteiger partial charge on any atom is -0.325 e. The van der Waals surface area contributed by atoms with Crippen molar-refractivity contribution in [3.63, 3.8) is 0 Å². The van der Waals surface area contributed by atoms with Crippen molar-refractivity contribution in [2.24, 2.45) is 7.05 Å². The van der Waals surface area contributed by atoms with Crippen LogP contribution in [0.1, 0.15) is 6.42 Å². The van der Waals surface area contributed by atoms with Crippen molar-refractivity contribution in [1.29, 1.82) is 0 Å². The van der Waals surface area contributed by atoms with E-state index in [0.717, 1.165) is 9.87 Å². The molecule has 0 radical (unpaired) electrons. The maximum atomic E-state index is 12.4. The van der Waals surface area contributed by atoms with Crippen molar-refractivity contribution in [2.45, 2.75) is 16.5 Å². The molecule has 0 fully saturated rings. The quantitative estimate of drug-likeness (QED) is 0.493. The molecule has 2 aromatic heterocycles. The first-order valence-electron chi connectivity index (χ1n) is 9.14. The molecule has 1 amide bonds. The van der Waals surface area contributed by atoms with Gasteiger partial charge >= 0.3 is 0 Å². The van der Waals surface area contributed by atoms with Gasteiger partial charge in [0.15, 0.2) is 11.0 Å². The van der Waals surface area contributed by atoms with Crippen molar-refractivity contribution in [1.82, 2.24) is 24.1 Å². The molecule has 3 rings (SSSR count). The van der Waals surface area contributed by atoms with Crippen molar-refractivity contribution in [3.05, 3.63) is 47.7 Å². The zero-order valence-electron chi connectivity index (χ0n) is 17.1. The fourth-order valence-corrected chi connectivity index (χ4v) is 4.55. The van der Waals surface area contributed by atoms with E-state index in [1.54, 1.807) is 12.4 Å². The number of sulfonamides is 1. The Kier molecular flexibility index (Phi) is 7.31. The van der Waals surface area contributed by atoms with Crippen LogP contribution in [-0.2, 0) is 21.9 Å². The topological polar surface area (TPSA) is 110 Å². The highest BCUT2D eigenvalue weighted by molar-refractivity contribution is 7.99. The molecule has 0 saturated heterocycles. The molecule has 0 saturated carbocycles. The molecule has 0 spiro atoms. The average molecular weight is 481 g/mol. The lowest BCUT2D eigenvalue weighted by molar-refractivity contribution is -0.115. The predicted octanol–water partition coefficient (Wildman–Crippen LogP) is 2.90. The van der Waals surface area contributed by atoms with E-state index < -0.39 is 10.0 Å². The number of rotatable bonds is 8. The van der Waals surface area contributed by atoms with Gasteiger partial charge in [0, 0.05) is 51.3 Å². The third kappa shape index (κ3) is 5.42. The van der Waals surface area contributed by atoms with E-state index >= 15 is 0 Å². The number of hydrogen-bond acceptors (Lipinski definition) is 7. The number of nitrogens with one attached hydrogen (secondary N) is 1. The second-order valence-electron chi connectivity index (χ2n) is 6.68. The third-order valence-electron chi connectivity index (χ3n) is 4.31. The summed E-state index contributed by atoms with van der Waals surface area (Å²) in [6.45, 7) is 0. The Morgan fingerprint density at radius 3 is 2.71 bits per heavy atom. The number of hydrogen-bond donors (Lipinski definition) is 1. The second kappa shape index (κ2) is 9.77. The fraction of sp³-hybridized carbons (Fsp3) is 0.263. The molecule has 0 aliphatic carbocycles. The van der Waals surface area contributed by atoms with Crippen molar-refractivity contribution in [2.75, 3.05) is 25.2 Å². The molecular formula is C19H21ClN6O3S2. The van der Waals surface area contributed by atoms with E-state index in [-0.39, 0.29) is 27.9 Å². The first kappa shape index (κ1) is 23.2. The normalized spacial score (nSPS) is 11.6. The Morgan fingerprint density at radius 2 is 2.03 bits per heavy atom. The summed E-state index contributed by atoms with van der Waals surface area (Å²) >= 11 is 7.52. The molecule has 0 atom stereocenters. The average Bonchev–Trinajstić information content (AvgIpc) is 3.10. The molecular weight excluding hydrogens is 460 g/mol. The Balaban J connectivity index is 1.61. The van der Waals surface area contributed by atoms with E-state index in [1.165, 1.54) is 44.1 Å². The number of thioether (sulfide) groups is 1. The van der Waals surface area contributed by atoms with Crippen LogP contribution in [0.4, 0.5) is 5.69 Å². The molecule has 0 unspecified atom stereocenters. The van der Waals surface area contributed by atoms with Gasteiger partial charge in [-0.25, -0.2) is 12.7 Å². The van der Waals surface area contributed by atoms with Crippen LogP contribution < -0.4 is 5.32 Å². The lowest BCUT2D eigenvalue weighted by Gasteiger charge is -2.13. The van der Waals surface area contributed by atoms with E-state index in [1.807, 2.05) is 23.7 Å². The van der Waals surface area contributed by atoms with E-state index in [4.69, 9.17) is 11.6 Å². The van der Waals surface area contributed by atoms with Crippen LogP contribution in [-0.4, -0.2) is 58.2 Å². The number of benzene rings is 1. The minimum absolute atomic E-state index is 0.0496. The number of anilines is 1. The predicted molar refractivity (Wildman–Crippen MR) is 121 cm³/mol. The van der Waals surface area contributed by atoms with Gasteiger partial charge in [-0.15, -0.1) is 10.2 Å². The van der Waals surface area contributed by atoms with Crippen molar-refractivity contribution >= 4 is 45.0 Å². The second-order valence-corrected chi connectivity index (χ2v) is 10.3. The number of carbonyl (C=O) groups is 1. The van der Waals surface area contributed by atoms with Gasteiger partial charge < -0.3 is 9.88 Å². The van der Waals surface area contributed by atoms with Crippen LogP contribution in [0.2, 0.25) is 5.02 Å². The minimum atomic E-state index is -3.63. The summed E-state index contributed by atoms with van der Waals surface area (Å²) in [4.78, 5) is 16.5. The van der Waals surface area contributed by atoms with Gasteiger partial charge in [-0.2, -0.15) is 0 Å². The number of carbonyl (C=O) groups excluding carboxylic acids is 1. The van der Waals surface area contributed by atoms with Crippen LogP contribution in [0.25, 0.3) is 11.4 Å². The largest absolute Gasteiger partial charge is 0.325 e. The van der Waals surface area contributed by atoms with Gasteiger partial charge in [0.05, 0.1) is 15.6 Å². The number of aromatic nitrogens is 4. The Morgan fingerprint density at radius 1 is 1.26 bits per heavy atom. The molecule has 1 N–H and O–H groups in total. The van der Waals surface area contributed by atoms with Gasteiger partial charge in [0.2, 0.25) is 15.9 Å². The summed E-state index contributed by atoms with van der Waals surface area (Å²) in [5.74, 6) is 0.854. The molecule has 3 aromatic rings. The number of pyridine rings is 1. The zero-order valence-corrected chi connectivity index (χ0v) is 19.5. The lowest BCUT2D eigenvalue weighted by atomic mass is 10.3. The standard InChI is InChI=1S/C19H21ClN6O3S2/c1-25(2)31(28,29)14-6-7-15(20)16(11-14)22-17(27)8-10-30-19-24-23-18(26(19)3)13-5-4-9-21-12-13/h4-7,9,11-12H,8,10H2,1-3H3,(H,22,27). The molecule has 12 heteroatoms. The summed E-state index contributed by atoms with van der Waals surface area (Å²) < 4.78 is 27.5. The van der Waals surface area contributed by atoms with Crippen LogP contribution >= 0.6 is 23.4 Å². The van der Waals surface area contributed by atoms with Crippen LogP contribution in [0.5, 0.6) is 0 Å². The third-order valence-corrected chi connectivity index (χ3v) is 7.47. The molecule has 0 aliphatic heterocycles. The molecule has 0 bridgehead atoms. The molecule has 2 heterocycles. The van der Waals surface area contributed by atoms with Crippen molar-refractivity contribution in [3.8, 4) is 11.4 Å². The first-order valence-corrected chi connectivity index (χ1v) is 11.9. The van der Waals surface area contributed by atoms with Gasteiger partial charge in [-0.05, 0) is 30.3 Å². The number of halogens is 1. The summed E-state index contributed by atoms with van der Waals surface area (Å²) in [7, 11) is 1.09. The van der Waals surface area contributed by atoms with Crippen LogP contribution in [0.15, 0.2) is 52.8 Å². The molecule has 31 heavy (non-hydrogen) atoms. The highest BCUT2D eigenvalue weighted by atomic mass is 35.5. The van der Waals surface area contributed by atoms with Crippen molar-refractivity contribution < 1.29 is 13.2 Å². The fourth-order valence-electron chi connectivity index (χ4n) is 2.61. The Hall–Kier alpha value is -2.47. The lowest BCUT2D eigenvalue weighted by Crippen LogP contribution is -2.22. The smallest absolute Gasteiger partial charge is 0.242 e. The van der Waals surface area contributed by atoms with Crippen LogP contribution in [0.3, 0.4) is 0 Å². The monoisotopic (exact) mass is 480 g/mol. The van der Waals surface area contributed by atoms with Gasteiger partial charge in [-0.3, -0.25) is 9.78 Å².